The van der Waals surface area contributed by atoms with E-state index in [9.17, 15) is 19.3 Å². The maximum absolute atomic E-state index is 13.0. The number of carbonyl (C=O) groups is 1. The number of nitro groups is 1. The lowest BCUT2D eigenvalue weighted by Gasteiger charge is -2.05. The van der Waals surface area contributed by atoms with Crippen molar-refractivity contribution in [2.75, 3.05) is 6.54 Å². The lowest BCUT2D eigenvalue weighted by atomic mass is 10.1. The van der Waals surface area contributed by atoms with Gasteiger partial charge in [0.1, 0.15) is 12.4 Å². The van der Waals surface area contributed by atoms with Crippen LogP contribution in [0.5, 0.6) is 0 Å². The fraction of sp³-hybridized carbons (Fsp3) is 0.167. The van der Waals surface area contributed by atoms with Crippen molar-refractivity contribution in [3.05, 3.63) is 81.7 Å². The van der Waals surface area contributed by atoms with E-state index in [-0.39, 0.29) is 12.3 Å². The summed E-state index contributed by atoms with van der Waals surface area (Å²) >= 11 is 0. The smallest absolute Gasteiger partial charge is 0.407 e. The van der Waals surface area contributed by atoms with E-state index in [0.29, 0.717) is 18.5 Å². The molecule has 0 atom stereocenters. The molecule has 0 saturated heterocycles. The average molecular weight is 344 g/mol. The number of carbonyl (C=O) groups excluding carboxylic acids is 1. The van der Waals surface area contributed by atoms with Gasteiger partial charge in [-0.2, -0.15) is 0 Å². The molecule has 0 spiro atoms. The predicted octanol–water partition coefficient (Wildman–Crippen LogP) is 4.06. The molecule has 1 amide bonds. The van der Waals surface area contributed by atoms with Crippen molar-refractivity contribution < 1.29 is 18.8 Å². The van der Waals surface area contributed by atoms with Crippen LogP contribution in [0.3, 0.4) is 0 Å². The molecule has 130 valence electrons. The molecule has 7 heteroatoms. The van der Waals surface area contributed by atoms with Crippen molar-refractivity contribution in [1.29, 1.82) is 0 Å². The summed E-state index contributed by atoms with van der Waals surface area (Å²) in [5.41, 5.74) is 0.894. The first-order chi connectivity index (χ1) is 12.1. The molecule has 0 aliphatic heterocycles. The van der Waals surface area contributed by atoms with E-state index in [0.717, 1.165) is 17.7 Å². The van der Waals surface area contributed by atoms with Gasteiger partial charge in [0.15, 0.2) is 0 Å². The fourth-order valence-corrected chi connectivity index (χ4v) is 2.06. The Morgan fingerprint density at radius 3 is 2.72 bits per heavy atom. The molecule has 0 fully saturated rings. The van der Waals surface area contributed by atoms with Crippen LogP contribution in [0.4, 0.5) is 14.9 Å². The highest BCUT2D eigenvalue weighted by Gasteiger charge is 2.12. The van der Waals surface area contributed by atoms with Gasteiger partial charge < -0.3 is 10.1 Å². The largest absolute Gasteiger partial charge is 0.445 e. The van der Waals surface area contributed by atoms with Crippen molar-refractivity contribution in [1.82, 2.24) is 5.32 Å². The third-order valence-corrected chi connectivity index (χ3v) is 3.28. The first-order valence-electron chi connectivity index (χ1n) is 7.61. The topological polar surface area (TPSA) is 81.5 Å². The van der Waals surface area contributed by atoms with Crippen molar-refractivity contribution in [2.45, 2.75) is 13.0 Å². The van der Waals surface area contributed by atoms with Crippen molar-refractivity contribution in [2.24, 2.45) is 0 Å². The van der Waals surface area contributed by atoms with Crippen molar-refractivity contribution in [3.8, 4) is 0 Å². The van der Waals surface area contributed by atoms with Gasteiger partial charge in [-0.05, 0) is 24.1 Å². The van der Waals surface area contributed by atoms with Gasteiger partial charge in [-0.15, -0.1) is 0 Å². The molecule has 0 aliphatic rings. The zero-order valence-electron chi connectivity index (χ0n) is 13.4. The van der Waals surface area contributed by atoms with E-state index in [4.69, 9.17) is 4.74 Å². The summed E-state index contributed by atoms with van der Waals surface area (Å²) in [7, 11) is 0. The van der Waals surface area contributed by atoms with Gasteiger partial charge in [-0.1, -0.05) is 42.5 Å². The highest BCUT2D eigenvalue weighted by molar-refractivity contribution is 5.67. The minimum Gasteiger partial charge on any atom is -0.445 e. The summed E-state index contributed by atoms with van der Waals surface area (Å²) in [5, 5.41) is 13.5. The maximum Gasteiger partial charge on any atom is 0.407 e. The maximum atomic E-state index is 13.0. The van der Waals surface area contributed by atoms with Crippen LogP contribution in [0.15, 0.2) is 54.6 Å². The normalized spacial score (nSPS) is 10.6. The zero-order valence-corrected chi connectivity index (χ0v) is 13.4. The molecule has 0 aliphatic carbocycles. The Kier molecular flexibility index (Phi) is 6.65. The number of amides is 1. The standard InChI is InChI=1S/C18H17FN2O4/c19-16-10-9-15(17(12-16)21(23)24)8-4-5-11-20-18(22)25-13-14-6-2-1-3-7-14/h1-4,6-10,12H,5,11,13H2,(H,20,22). The number of nitro benzene ring substituents is 1. The highest BCUT2D eigenvalue weighted by atomic mass is 19.1. The molecule has 0 radical (unpaired) electrons. The van der Waals surface area contributed by atoms with Gasteiger partial charge in [-0.25, -0.2) is 9.18 Å². The first kappa shape index (κ1) is 18.1. The number of alkyl carbamates (subject to hydrolysis) is 1. The van der Waals surface area contributed by atoms with E-state index in [1.54, 1.807) is 6.08 Å². The van der Waals surface area contributed by atoms with Crippen LogP contribution in [0.1, 0.15) is 17.5 Å². The Bertz CT molecular complexity index is 763. The van der Waals surface area contributed by atoms with E-state index in [1.807, 2.05) is 30.3 Å². The Balaban J connectivity index is 1.74. The van der Waals surface area contributed by atoms with Gasteiger partial charge in [0.25, 0.3) is 5.69 Å². The van der Waals surface area contributed by atoms with Crippen LogP contribution in [-0.2, 0) is 11.3 Å². The van der Waals surface area contributed by atoms with Crippen molar-refractivity contribution in [3.63, 3.8) is 0 Å². The number of hydrogen-bond acceptors (Lipinski definition) is 4. The van der Waals surface area contributed by atoms with Crippen LogP contribution < -0.4 is 5.32 Å². The van der Waals surface area contributed by atoms with Gasteiger partial charge in [-0.3, -0.25) is 10.1 Å². The Hall–Kier alpha value is -3.22. The average Bonchev–Trinajstić information content (AvgIpc) is 2.61. The lowest BCUT2D eigenvalue weighted by Crippen LogP contribution is -2.24. The second-order valence-corrected chi connectivity index (χ2v) is 5.14. The third-order valence-electron chi connectivity index (χ3n) is 3.28. The van der Waals surface area contributed by atoms with Gasteiger partial charge in [0, 0.05) is 6.54 Å². The van der Waals surface area contributed by atoms with Crippen LogP contribution >= 0.6 is 0 Å². The number of halogens is 1. The minimum absolute atomic E-state index is 0.185. The van der Waals surface area contributed by atoms with Crippen LogP contribution in [0, 0.1) is 15.9 Å². The minimum atomic E-state index is -0.660. The first-order valence-corrected chi connectivity index (χ1v) is 7.61. The molecule has 0 aromatic heterocycles. The Morgan fingerprint density at radius 2 is 2.00 bits per heavy atom. The number of nitrogens with one attached hydrogen (secondary N) is 1. The van der Waals surface area contributed by atoms with Gasteiger partial charge >= 0.3 is 6.09 Å². The second kappa shape index (κ2) is 9.17. The number of ether oxygens (including phenoxy) is 1. The van der Waals surface area contributed by atoms with E-state index in [2.05, 4.69) is 5.32 Å². The summed E-state index contributed by atoms with van der Waals surface area (Å²) in [5.74, 6) is -0.660. The predicted molar refractivity (Wildman–Crippen MR) is 91.3 cm³/mol. The van der Waals surface area contributed by atoms with Gasteiger partial charge in [0.2, 0.25) is 0 Å². The Labute approximate surface area is 144 Å². The third kappa shape index (κ3) is 6.06. The monoisotopic (exact) mass is 344 g/mol. The molecule has 0 heterocycles. The van der Waals surface area contributed by atoms with Gasteiger partial charge in [0.05, 0.1) is 16.6 Å². The van der Waals surface area contributed by atoms with Crippen LogP contribution in [0.2, 0.25) is 0 Å². The van der Waals surface area contributed by atoms with E-state index in [1.165, 1.54) is 12.1 Å². The number of nitrogens with zero attached hydrogens (tertiary/aromatic N) is 1. The van der Waals surface area contributed by atoms with Crippen LogP contribution in [0.25, 0.3) is 6.08 Å². The summed E-state index contributed by atoms with van der Waals surface area (Å²) < 4.78 is 18.1. The summed E-state index contributed by atoms with van der Waals surface area (Å²) in [6, 6.07) is 12.7. The molecule has 1 N–H and O–H groups in total. The molecular formula is C18H17FN2O4. The van der Waals surface area contributed by atoms with Crippen LogP contribution in [-0.4, -0.2) is 17.6 Å². The Morgan fingerprint density at radius 1 is 1.24 bits per heavy atom. The molecule has 0 bridgehead atoms. The fourth-order valence-electron chi connectivity index (χ4n) is 2.06. The quantitative estimate of drug-likeness (QED) is 0.466. The van der Waals surface area contributed by atoms with E-state index >= 15 is 0 Å². The SMILES string of the molecule is O=C(NCCC=Cc1ccc(F)cc1[N+](=O)[O-])OCc1ccccc1. The number of hydrogen-bond donors (Lipinski definition) is 1. The second-order valence-electron chi connectivity index (χ2n) is 5.14. The molecule has 0 saturated carbocycles. The number of rotatable bonds is 7. The van der Waals surface area contributed by atoms with E-state index < -0.39 is 16.8 Å². The molecule has 2 rings (SSSR count). The summed E-state index contributed by atoms with van der Waals surface area (Å²) in [6.07, 6.45) is 3.10. The summed E-state index contributed by atoms with van der Waals surface area (Å²) in [4.78, 5) is 21.8. The molecule has 2 aromatic rings. The van der Waals surface area contributed by atoms with Crippen molar-refractivity contribution >= 4 is 17.9 Å². The molecule has 2 aromatic carbocycles. The molecule has 25 heavy (non-hydrogen) atoms. The molecule has 6 nitrogen and oxygen atoms in total. The highest BCUT2D eigenvalue weighted by Crippen LogP contribution is 2.21. The zero-order chi connectivity index (χ0) is 18.1. The molecule has 0 unspecified atom stereocenters. The molecular weight excluding hydrogens is 327 g/mol. The summed E-state index contributed by atoms with van der Waals surface area (Å²) in [6.45, 7) is 0.503. The number of benzene rings is 2. The lowest BCUT2D eigenvalue weighted by molar-refractivity contribution is -0.385.